The van der Waals surface area contributed by atoms with Crippen LogP contribution >= 0.6 is 0 Å². The third-order valence-corrected chi connectivity index (χ3v) is 4.16. The van der Waals surface area contributed by atoms with Crippen LogP contribution in [-0.4, -0.2) is 25.0 Å². The molecule has 114 valence electrons. The molecular weight excluding hydrogens is 272 g/mol. The smallest absolute Gasteiger partial charge is 0.224 e. The molecule has 1 aliphatic rings. The molecule has 1 saturated heterocycles. The summed E-state index contributed by atoms with van der Waals surface area (Å²) < 4.78 is 0. The number of nitrogens with zero attached hydrogens (tertiary/aromatic N) is 1. The van der Waals surface area contributed by atoms with Crippen LogP contribution in [0, 0.1) is 6.92 Å². The molecule has 0 spiro atoms. The number of para-hydroxylation sites is 1. The van der Waals surface area contributed by atoms with Gasteiger partial charge in [-0.05, 0) is 31.0 Å². The summed E-state index contributed by atoms with van der Waals surface area (Å²) in [4.78, 5) is 14.5. The highest BCUT2D eigenvalue weighted by atomic mass is 16.1. The van der Waals surface area contributed by atoms with Crippen LogP contribution in [0.2, 0.25) is 0 Å². The maximum absolute atomic E-state index is 12.2. The summed E-state index contributed by atoms with van der Waals surface area (Å²) in [5.74, 6) is 0.115. The molecule has 3 heteroatoms. The van der Waals surface area contributed by atoms with Crippen LogP contribution in [0.5, 0.6) is 0 Å². The van der Waals surface area contributed by atoms with Gasteiger partial charge in [-0.1, -0.05) is 48.0 Å². The van der Waals surface area contributed by atoms with Gasteiger partial charge in [-0.25, -0.2) is 0 Å². The Morgan fingerprint density at radius 1 is 1.14 bits per heavy atom. The molecule has 1 fully saturated rings. The Morgan fingerprint density at radius 2 is 1.86 bits per heavy atom. The van der Waals surface area contributed by atoms with Crippen molar-refractivity contribution in [1.29, 1.82) is 0 Å². The van der Waals surface area contributed by atoms with Gasteiger partial charge in [-0.15, -0.1) is 0 Å². The zero-order valence-corrected chi connectivity index (χ0v) is 13.0. The van der Waals surface area contributed by atoms with Crippen LogP contribution < -0.4 is 10.2 Å². The lowest BCUT2D eigenvalue weighted by Crippen LogP contribution is -2.37. The average molecular weight is 294 g/mol. The molecule has 1 heterocycles. The highest BCUT2D eigenvalue weighted by Gasteiger charge is 2.23. The lowest BCUT2D eigenvalue weighted by Gasteiger charge is -2.19. The van der Waals surface area contributed by atoms with Crippen molar-refractivity contribution >= 4 is 11.6 Å². The lowest BCUT2D eigenvalue weighted by molar-refractivity contribution is -0.121. The number of carbonyl (C=O) groups excluding carboxylic acids is 1. The number of aryl methyl sites for hydroxylation is 1. The summed E-state index contributed by atoms with van der Waals surface area (Å²) in [5, 5.41) is 3.16. The second kappa shape index (κ2) is 6.65. The third-order valence-electron chi connectivity index (χ3n) is 4.16. The van der Waals surface area contributed by atoms with E-state index in [0.717, 1.165) is 25.1 Å². The predicted molar refractivity (Wildman–Crippen MR) is 90.1 cm³/mol. The van der Waals surface area contributed by atoms with E-state index in [2.05, 4.69) is 53.5 Å². The normalized spacial score (nSPS) is 17.5. The van der Waals surface area contributed by atoms with Crippen molar-refractivity contribution in [2.75, 3.05) is 18.0 Å². The molecule has 0 aliphatic carbocycles. The Labute approximate surface area is 132 Å². The molecule has 2 aromatic carbocycles. The number of rotatable bonds is 4. The van der Waals surface area contributed by atoms with E-state index in [4.69, 9.17) is 0 Å². The molecule has 1 atom stereocenters. The van der Waals surface area contributed by atoms with Crippen molar-refractivity contribution in [3.05, 3.63) is 65.7 Å². The highest BCUT2D eigenvalue weighted by molar-refractivity contribution is 5.79. The quantitative estimate of drug-likeness (QED) is 0.940. The Balaban J connectivity index is 1.51. The molecule has 0 aromatic heterocycles. The van der Waals surface area contributed by atoms with E-state index in [9.17, 15) is 4.79 Å². The third kappa shape index (κ3) is 3.67. The maximum atomic E-state index is 12.2. The lowest BCUT2D eigenvalue weighted by atomic mass is 10.1. The average Bonchev–Trinajstić information content (AvgIpc) is 2.99. The van der Waals surface area contributed by atoms with Gasteiger partial charge in [0.05, 0.1) is 6.42 Å². The van der Waals surface area contributed by atoms with E-state index < -0.39 is 0 Å². The molecule has 22 heavy (non-hydrogen) atoms. The molecule has 0 radical (unpaired) electrons. The zero-order chi connectivity index (χ0) is 15.4. The Hall–Kier alpha value is -2.29. The number of hydrogen-bond acceptors (Lipinski definition) is 2. The summed E-state index contributed by atoms with van der Waals surface area (Å²) in [5.41, 5.74) is 3.53. The number of hydrogen-bond donors (Lipinski definition) is 1. The second-order valence-electron chi connectivity index (χ2n) is 6.00. The van der Waals surface area contributed by atoms with Gasteiger partial charge >= 0.3 is 0 Å². The minimum absolute atomic E-state index is 0.115. The van der Waals surface area contributed by atoms with Crippen LogP contribution in [0.4, 0.5) is 5.69 Å². The van der Waals surface area contributed by atoms with E-state index in [1.54, 1.807) is 0 Å². The Morgan fingerprint density at radius 3 is 2.59 bits per heavy atom. The standard InChI is InChI=1S/C19H22N2O/c1-15-7-9-16(10-8-15)13-19(22)20-17-11-12-21(14-17)18-5-3-2-4-6-18/h2-10,17H,11-14H2,1H3,(H,20,22). The molecule has 1 aliphatic heterocycles. The first kappa shape index (κ1) is 14.6. The largest absolute Gasteiger partial charge is 0.369 e. The topological polar surface area (TPSA) is 32.3 Å². The second-order valence-corrected chi connectivity index (χ2v) is 6.00. The molecule has 3 rings (SSSR count). The first-order valence-electron chi connectivity index (χ1n) is 7.85. The van der Waals surface area contributed by atoms with E-state index in [1.165, 1.54) is 11.3 Å². The summed E-state index contributed by atoms with van der Waals surface area (Å²) in [6, 6.07) is 18.8. The summed E-state index contributed by atoms with van der Waals surface area (Å²) in [7, 11) is 0. The van der Waals surface area contributed by atoms with Crippen molar-refractivity contribution < 1.29 is 4.79 Å². The minimum Gasteiger partial charge on any atom is -0.369 e. The van der Waals surface area contributed by atoms with Gasteiger partial charge in [0.15, 0.2) is 0 Å². The Bertz CT molecular complexity index is 622. The predicted octanol–water partition coefficient (Wildman–Crippen LogP) is 2.93. The minimum atomic E-state index is 0.115. The van der Waals surface area contributed by atoms with Crippen LogP contribution in [0.1, 0.15) is 17.5 Å². The molecule has 0 bridgehead atoms. The van der Waals surface area contributed by atoms with E-state index in [0.29, 0.717) is 6.42 Å². The fourth-order valence-electron chi connectivity index (χ4n) is 2.92. The van der Waals surface area contributed by atoms with E-state index in [1.807, 2.05) is 18.2 Å². The molecule has 2 aromatic rings. The molecule has 3 nitrogen and oxygen atoms in total. The van der Waals surface area contributed by atoms with E-state index >= 15 is 0 Å². The van der Waals surface area contributed by atoms with Gasteiger partial charge in [0, 0.05) is 24.8 Å². The van der Waals surface area contributed by atoms with E-state index in [-0.39, 0.29) is 11.9 Å². The fourth-order valence-corrected chi connectivity index (χ4v) is 2.92. The van der Waals surface area contributed by atoms with Gasteiger partial charge < -0.3 is 10.2 Å². The number of benzene rings is 2. The first-order chi connectivity index (χ1) is 10.7. The molecule has 1 amide bonds. The molecule has 1 N–H and O–H groups in total. The monoisotopic (exact) mass is 294 g/mol. The van der Waals surface area contributed by atoms with Gasteiger partial charge in [0.2, 0.25) is 5.91 Å². The zero-order valence-electron chi connectivity index (χ0n) is 13.0. The first-order valence-corrected chi connectivity index (χ1v) is 7.85. The van der Waals surface area contributed by atoms with Crippen molar-refractivity contribution in [3.8, 4) is 0 Å². The molecule has 1 unspecified atom stereocenters. The van der Waals surface area contributed by atoms with Crippen LogP contribution in [-0.2, 0) is 11.2 Å². The van der Waals surface area contributed by atoms with Gasteiger partial charge in [0.1, 0.15) is 0 Å². The maximum Gasteiger partial charge on any atom is 0.224 e. The molecule has 0 saturated carbocycles. The fraction of sp³-hybridized carbons (Fsp3) is 0.316. The van der Waals surface area contributed by atoms with Crippen molar-refractivity contribution in [2.24, 2.45) is 0 Å². The van der Waals surface area contributed by atoms with Crippen molar-refractivity contribution in [3.63, 3.8) is 0 Å². The SMILES string of the molecule is Cc1ccc(CC(=O)NC2CCN(c3ccccc3)C2)cc1. The number of carbonyl (C=O) groups is 1. The van der Waals surface area contributed by atoms with Crippen molar-refractivity contribution in [2.45, 2.75) is 25.8 Å². The molecular formula is C19H22N2O. The highest BCUT2D eigenvalue weighted by Crippen LogP contribution is 2.19. The summed E-state index contributed by atoms with van der Waals surface area (Å²) >= 11 is 0. The number of anilines is 1. The number of nitrogens with one attached hydrogen (secondary N) is 1. The van der Waals surface area contributed by atoms with Crippen LogP contribution in [0.25, 0.3) is 0 Å². The van der Waals surface area contributed by atoms with Gasteiger partial charge in [-0.2, -0.15) is 0 Å². The van der Waals surface area contributed by atoms with Gasteiger partial charge in [0.25, 0.3) is 0 Å². The number of amides is 1. The van der Waals surface area contributed by atoms with Crippen LogP contribution in [0.15, 0.2) is 54.6 Å². The summed E-state index contributed by atoms with van der Waals surface area (Å²) in [6.07, 6.45) is 1.47. The van der Waals surface area contributed by atoms with Gasteiger partial charge in [-0.3, -0.25) is 4.79 Å². The van der Waals surface area contributed by atoms with Crippen molar-refractivity contribution in [1.82, 2.24) is 5.32 Å². The summed E-state index contributed by atoms with van der Waals surface area (Å²) in [6.45, 7) is 3.95. The Kier molecular flexibility index (Phi) is 4.42. The van der Waals surface area contributed by atoms with Crippen LogP contribution in [0.3, 0.4) is 0 Å².